The van der Waals surface area contributed by atoms with Crippen LogP contribution in [-0.4, -0.2) is 26.2 Å². The van der Waals surface area contributed by atoms with E-state index < -0.39 is 21.9 Å². The van der Waals surface area contributed by atoms with E-state index in [1.165, 1.54) is 6.92 Å². The van der Waals surface area contributed by atoms with E-state index in [0.717, 1.165) is 18.2 Å². The number of rotatable bonds is 4. The molecule has 1 atom stereocenters. The fraction of sp³-hybridized carbons (Fsp3) is 0.300. The number of nitrogens with zero attached hydrogens (tertiary/aromatic N) is 1. The van der Waals surface area contributed by atoms with Crippen LogP contribution in [0.2, 0.25) is 0 Å². The van der Waals surface area contributed by atoms with Crippen LogP contribution in [0.5, 0.6) is 0 Å². The summed E-state index contributed by atoms with van der Waals surface area (Å²) in [6, 6.07) is 4.47. The van der Waals surface area contributed by atoms with Crippen LogP contribution in [0.3, 0.4) is 0 Å². The molecule has 0 heterocycles. The van der Waals surface area contributed by atoms with Crippen molar-refractivity contribution in [1.29, 1.82) is 5.26 Å². The highest BCUT2D eigenvalue weighted by Gasteiger charge is 2.16. The lowest BCUT2D eigenvalue weighted by atomic mass is 10.2. The minimum absolute atomic E-state index is 0.151. The maximum Gasteiger partial charge on any atom is 0.240 e. The first-order chi connectivity index (χ1) is 7.86. The van der Waals surface area contributed by atoms with Crippen molar-refractivity contribution in [3.63, 3.8) is 0 Å². The van der Waals surface area contributed by atoms with Crippen molar-refractivity contribution in [1.82, 2.24) is 4.72 Å². The molecule has 0 bridgehead atoms. The Hall–Kier alpha value is -1.49. The largest absolute Gasteiger partial charge is 0.392 e. The minimum atomic E-state index is -3.83. The summed E-state index contributed by atoms with van der Waals surface area (Å²) in [7, 11) is -3.83. The first kappa shape index (κ1) is 13.6. The summed E-state index contributed by atoms with van der Waals surface area (Å²) in [6.45, 7) is 1.27. The molecule has 17 heavy (non-hydrogen) atoms. The summed E-state index contributed by atoms with van der Waals surface area (Å²) in [5, 5.41) is 17.5. The average molecular weight is 258 g/mol. The average Bonchev–Trinajstić information content (AvgIpc) is 2.27. The first-order valence-electron chi connectivity index (χ1n) is 4.74. The molecule has 5 nitrogen and oxygen atoms in total. The first-order valence-corrected chi connectivity index (χ1v) is 6.22. The third-order valence-electron chi connectivity index (χ3n) is 1.94. The maximum absolute atomic E-state index is 13.0. The Kier molecular flexibility index (Phi) is 4.17. The summed E-state index contributed by atoms with van der Waals surface area (Å²) in [6.07, 6.45) is -0.833. The molecule has 1 aromatic rings. The number of aliphatic hydroxyl groups excluding tert-OH is 1. The molecule has 0 aliphatic rings. The predicted molar refractivity (Wildman–Crippen MR) is 58.0 cm³/mol. The third-order valence-corrected chi connectivity index (χ3v) is 3.36. The molecular weight excluding hydrogens is 247 g/mol. The van der Waals surface area contributed by atoms with Crippen LogP contribution in [0.25, 0.3) is 0 Å². The van der Waals surface area contributed by atoms with Crippen molar-refractivity contribution < 1.29 is 17.9 Å². The molecule has 0 spiro atoms. The Morgan fingerprint density at radius 2 is 2.24 bits per heavy atom. The molecule has 92 valence electrons. The topological polar surface area (TPSA) is 90.2 Å². The summed E-state index contributed by atoms with van der Waals surface area (Å²) in [5.74, 6) is -0.776. The molecule has 0 fully saturated rings. The van der Waals surface area contributed by atoms with Gasteiger partial charge in [0.1, 0.15) is 11.9 Å². The Labute approximate surface area is 98.6 Å². The SMILES string of the molecule is CC(O)CNS(=O)(=O)c1ccc(F)c(C#N)c1. The Morgan fingerprint density at radius 1 is 1.59 bits per heavy atom. The van der Waals surface area contributed by atoms with Crippen molar-refractivity contribution >= 4 is 10.0 Å². The van der Waals surface area contributed by atoms with Crippen LogP contribution < -0.4 is 4.72 Å². The van der Waals surface area contributed by atoms with Gasteiger partial charge in [0.25, 0.3) is 0 Å². The molecule has 0 aliphatic carbocycles. The number of aliphatic hydroxyl groups is 1. The summed E-state index contributed by atoms with van der Waals surface area (Å²) >= 11 is 0. The molecule has 0 saturated heterocycles. The van der Waals surface area contributed by atoms with Crippen LogP contribution in [0.1, 0.15) is 12.5 Å². The van der Waals surface area contributed by atoms with Crippen LogP contribution in [-0.2, 0) is 10.0 Å². The van der Waals surface area contributed by atoms with Gasteiger partial charge in [0, 0.05) is 6.54 Å². The van der Waals surface area contributed by atoms with Crippen LogP contribution >= 0.6 is 0 Å². The standard InChI is InChI=1S/C10H11FN2O3S/c1-7(14)6-13-17(15,16)9-2-3-10(11)8(4-9)5-12/h2-4,7,13-14H,6H2,1H3. The number of sulfonamides is 1. The van der Waals surface area contributed by atoms with Crippen molar-refractivity contribution in [3.8, 4) is 6.07 Å². The van der Waals surface area contributed by atoms with Crippen LogP contribution in [0.15, 0.2) is 23.1 Å². The van der Waals surface area contributed by atoms with Gasteiger partial charge in [-0.05, 0) is 25.1 Å². The predicted octanol–water partition coefficient (Wildman–Crippen LogP) is 0.356. The Morgan fingerprint density at radius 3 is 2.76 bits per heavy atom. The van der Waals surface area contributed by atoms with Gasteiger partial charge in [0.15, 0.2) is 0 Å². The molecule has 1 rings (SSSR count). The van der Waals surface area contributed by atoms with Gasteiger partial charge in [-0.3, -0.25) is 0 Å². The second-order valence-electron chi connectivity index (χ2n) is 3.45. The van der Waals surface area contributed by atoms with E-state index in [-0.39, 0.29) is 17.0 Å². The molecule has 7 heteroatoms. The molecule has 0 aliphatic heterocycles. The fourth-order valence-corrected chi connectivity index (χ4v) is 2.22. The molecule has 2 N–H and O–H groups in total. The van der Waals surface area contributed by atoms with Gasteiger partial charge in [0.05, 0.1) is 16.6 Å². The molecule has 0 aromatic heterocycles. The smallest absolute Gasteiger partial charge is 0.240 e. The second-order valence-corrected chi connectivity index (χ2v) is 5.22. The number of hydrogen-bond acceptors (Lipinski definition) is 4. The lowest BCUT2D eigenvalue weighted by Crippen LogP contribution is -2.30. The molecule has 0 amide bonds. The molecule has 0 radical (unpaired) electrons. The zero-order valence-corrected chi connectivity index (χ0v) is 9.83. The number of nitriles is 1. The van der Waals surface area contributed by atoms with E-state index in [1.54, 1.807) is 6.07 Å². The molecule has 0 saturated carbocycles. The molecule has 1 aromatic carbocycles. The van der Waals surface area contributed by atoms with E-state index in [4.69, 9.17) is 10.4 Å². The minimum Gasteiger partial charge on any atom is -0.392 e. The highest BCUT2D eigenvalue weighted by atomic mass is 32.2. The van der Waals surface area contributed by atoms with E-state index >= 15 is 0 Å². The van der Waals surface area contributed by atoms with Gasteiger partial charge < -0.3 is 5.11 Å². The van der Waals surface area contributed by atoms with E-state index in [9.17, 15) is 12.8 Å². The van der Waals surface area contributed by atoms with Crippen LogP contribution in [0.4, 0.5) is 4.39 Å². The molecule has 1 unspecified atom stereocenters. The summed E-state index contributed by atoms with van der Waals surface area (Å²) in [5.41, 5.74) is -0.343. The zero-order chi connectivity index (χ0) is 13.1. The van der Waals surface area contributed by atoms with Crippen molar-refractivity contribution in [2.75, 3.05) is 6.54 Å². The highest BCUT2D eigenvalue weighted by molar-refractivity contribution is 7.89. The number of nitrogens with one attached hydrogen (secondary N) is 1. The lowest BCUT2D eigenvalue weighted by Gasteiger charge is -2.08. The van der Waals surface area contributed by atoms with Gasteiger partial charge in [0.2, 0.25) is 10.0 Å². The third kappa shape index (κ3) is 3.49. The van der Waals surface area contributed by atoms with Crippen LogP contribution in [0, 0.1) is 17.1 Å². The van der Waals surface area contributed by atoms with Gasteiger partial charge in [-0.1, -0.05) is 0 Å². The van der Waals surface area contributed by atoms with Gasteiger partial charge in [-0.15, -0.1) is 0 Å². The summed E-state index contributed by atoms with van der Waals surface area (Å²) < 4.78 is 38.5. The number of benzene rings is 1. The normalized spacial score (nSPS) is 13.1. The van der Waals surface area contributed by atoms with E-state index in [1.807, 2.05) is 0 Å². The summed E-state index contributed by atoms with van der Waals surface area (Å²) in [4.78, 5) is -0.212. The van der Waals surface area contributed by atoms with Gasteiger partial charge in [-0.25, -0.2) is 17.5 Å². The van der Waals surface area contributed by atoms with Crippen molar-refractivity contribution in [3.05, 3.63) is 29.6 Å². The lowest BCUT2D eigenvalue weighted by molar-refractivity contribution is 0.198. The van der Waals surface area contributed by atoms with Gasteiger partial charge >= 0.3 is 0 Å². The fourth-order valence-electron chi connectivity index (χ4n) is 1.07. The van der Waals surface area contributed by atoms with E-state index in [2.05, 4.69) is 4.72 Å². The van der Waals surface area contributed by atoms with Crippen molar-refractivity contribution in [2.45, 2.75) is 17.9 Å². The maximum atomic E-state index is 13.0. The number of halogens is 1. The quantitative estimate of drug-likeness (QED) is 0.815. The highest BCUT2D eigenvalue weighted by Crippen LogP contribution is 2.14. The van der Waals surface area contributed by atoms with E-state index in [0.29, 0.717) is 0 Å². The number of hydrogen-bond donors (Lipinski definition) is 2. The Bertz CT molecular complexity index is 549. The second kappa shape index (κ2) is 5.23. The van der Waals surface area contributed by atoms with Gasteiger partial charge in [-0.2, -0.15) is 5.26 Å². The molecular formula is C10H11FN2O3S. The monoisotopic (exact) mass is 258 g/mol. The Balaban J connectivity index is 3.04. The van der Waals surface area contributed by atoms with Crippen molar-refractivity contribution in [2.24, 2.45) is 0 Å². The zero-order valence-electron chi connectivity index (χ0n) is 9.01.